The summed E-state index contributed by atoms with van der Waals surface area (Å²) in [6.45, 7) is 3.10. The topological polar surface area (TPSA) is 47.3 Å². The summed E-state index contributed by atoms with van der Waals surface area (Å²) in [7, 11) is 0. The van der Waals surface area contributed by atoms with E-state index in [0.717, 1.165) is 12.5 Å². The second-order valence-corrected chi connectivity index (χ2v) is 5.12. The van der Waals surface area contributed by atoms with E-state index in [4.69, 9.17) is 10.6 Å². The van der Waals surface area contributed by atoms with Gasteiger partial charge in [0.2, 0.25) is 0 Å². The summed E-state index contributed by atoms with van der Waals surface area (Å²) in [5.41, 5.74) is 3.06. The van der Waals surface area contributed by atoms with Gasteiger partial charge in [0.25, 0.3) is 0 Å². The third-order valence-electron chi connectivity index (χ3n) is 4.25. The van der Waals surface area contributed by atoms with Crippen molar-refractivity contribution in [2.24, 2.45) is 17.7 Å². The summed E-state index contributed by atoms with van der Waals surface area (Å²) in [6, 6.07) is 0.475. The number of nitrogens with two attached hydrogens (primary N) is 1. The molecule has 1 heterocycles. The Kier molecular flexibility index (Phi) is 4.00. The maximum atomic E-state index is 5.74. The molecule has 1 aliphatic carbocycles. The van der Waals surface area contributed by atoms with Gasteiger partial charge in [-0.2, -0.15) is 0 Å². The van der Waals surface area contributed by atoms with E-state index in [1.807, 2.05) is 0 Å². The zero-order valence-corrected chi connectivity index (χ0v) is 9.74. The average Bonchev–Trinajstić information content (AvgIpc) is 2.68. The van der Waals surface area contributed by atoms with Crippen molar-refractivity contribution in [2.75, 3.05) is 6.61 Å². The van der Waals surface area contributed by atoms with Crippen LogP contribution in [-0.4, -0.2) is 18.8 Å². The van der Waals surface area contributed by atoms with E-state index in [2.05, 4.69) is 12.3 Å². The van der Waals surface area contributed by atoms with E-state index in [1.54, 1.807) is 0 Å². The van der Waals surface area contributed by atoms with Crippen LogP contribution in [0, 0.1) is 11.8 Å². The number of ether oxygens (including phenoxy) is 1. The first-order valence-electron chi connectivity index (χ1n) is 6.40. The molecule has 3 N–H and O–H groups in total. The van der Waals surface area contributed by atoms with Crippen molar-refractivity contribution in [3.05, 3.63) is 0 Å². The Morgan fingerprint density at radius 2 is 1.93 bits per heavy atom. The molecular formula is C12H24N2O. The van der Waals surface area contributed by atoms with Gasteiger partial charge in [-0.1, -0.05) is 19.3 Å². The molecule has 88 valence electrons. The van der Waals surface area contributed by atoms with Crippen LogP contribution < -0.4 is 11.3 Å². The highest BCUT2D eigenvalue weighted by molar-refractivity contribution is 4.88. The molecule has 0 spiro atoms. The van der Waals surface area contributed by atoms with Gasteiger partial charge in [0, 0.05) is 18.6 Å². The average molecular weight is 212 g/mol. The summed E-state index contributed by atoms with van der Waals surface area (Å²) in [4.78, 5) is 0. The van der Waals surface area contributed by atoms with Crippen LogP contribution in [0.25, 0.3) is 0 Å². The van der Waals surface area contributed by atoms with E-state index in [0.29, 0.717) is 18.1 Å². The predicted octanol–water partition coefficient (Wildman–Crippen LogP) is 1.82. The van der Waals surface area contributed by atoms with Gasteiger partial charge < -0.3 is 4.74 Å². The minimum Gasteiger partial charge on any atom is -0.378 e. The molecule has 3 unspecified atom stereocenters. The fourth-order valence-electron chi connectivity index (χ4n) is 3.32. The number of hydrogen-bond acceptors (Lipinski definition) is 3. The highest BCUT2D eigenvalue weighted by Crippen LogP contribution is 2.34. The molecule has 0 aromatic heterocycles. The van der Waals surface area contributed by atoms with Crippen molar-refractivity contribution in [1.29, 1.82) is 0 Å². The van der Waals surface area contributed by atoms with Crippen LogP contribution in [-0.2, 0) is 4.74 Å². The second-order valence-electron chi connectivity index (χ2n) is 5.12. The van der Waals surface area contributed by atoms with Crippen molar-refractivity contribution in [3.8, 4) is 0 Å². The van der Waals surface area contributed by atoms with Gasteiger partial charge in [-0.05, 0) is 32.1 Å². The van der Waals surface area contributed by atoms with E-state index in [1.165, 1.54) is 38.5 Å². The predicted molar refractivity (Wildman–Crippen MR) is 61.2 cm³/mol. The smallest absolute Gasteiger partial charge is 0.0591 e. The first-order chi connectivity index (χ1) is 7.33. The van der Waals surface area contributed by atoms with Gasteiger partial charge >= 0.3 is 0 Å². The van der Waals surface area contributed by atoms with Crippen molar-refractivity contribution >= 4 is 0 Å². The maximum Gasteiger partial charge on any atom is 0.0591 e. The summed E-state index contributed by atoms with van der Waals surface area (Å²) in [6.07, 6.45) is 8.41. The van der Waals surface area contributed by atoms with Crippen LogP contribution in [0.2, 0.25) is 0 Å². The van der Waals surface area contributed by atoms with Crippen LogP contribution in [0.3, 0.4) is 0 Å². The number of hydrogen-bond donors (Lipinski definition) is 2. The molecule has 0 bridgehead atoms. The van der Waals surface area contributed by atoms with Gasteiger partial charge in [0.15, 0.2) is 0 Å². The zero-order chi connectivity index (χ0) is 10.7. The lowest BCUT2D eigenvalue weighted by Crippen LogP contribution is -2.48. The Morgan fingerprint density at radius 3 is 2.47 bits per heavy atom. The van der Waals surface area contributed by atoms with E-state index >= 15 is 0 Å². The van der Waals surface area contributed by atoms with Crippen LogP contribution >= 0.6 is 0 Å². The lowest BCUT2D eigenvalue weighted by Gasteiger charge is -2.34. The first kappa shape index (κ1) is 11.4. The van der Waals surface area contributed by atoms with Crippen LogP contribution in [0.5, 0.6) is 0 Å². The third-order valence-corrected chi connectivity index (χ3v) is 4.25. The highest BCUT2D eigenvalue weighted by Gasteiger charge is 2.36. The molecule has 0 amide bonds. The van der Waals surface area contributed by atoms with Gasteiger partial charge in [-0.15, -0.1) is 0 Å². The normalized spacial score (nSPS) is 35.6. The molecule has 2 aliphatic rings. The van der Waals surface area contributed by atoms with E-state index in [-0.39, 0.29) is 0 Å². The molecule has 1 saturated heterocycles. The molecule has 3 atom stereocenters. The van der Waals surface area contributed by atoms with Crippen LogP contribution in [0.15, 0.2) is 0 Å². The molecule has 2 fully saturated rings. The first-order valence-corrected chi connectivity index (χ1v) is 6.40. The Bertz CT molecular complexity index is 192. The van der Waals surface area contributed by atoms with Crippen molar-refractivity contribution in [1.82, 2.24) is 5.43 Å². The maximum absolute atomic E-state index is 5.74. The van der Waals surface area contributed by atoms with Crippen LogP contribution in [0.1, 0.15) is 45.4 Å². The molecule has 3 heteroatoms. The summed E-state index contributed by atoms with van der Waals surface area (Å²) in [5, 5.41) is 0. The standard InChI is InChI=1S/C12H24N2O/c1-9-11(7-8-15-9)12(14-13)10-5-3-2-4-6-10/h9-12,14H,2-8,13H2,1H3. The quantitative estimate of drug-likeness (QED) is 0.554. The SMILES string of the molecule is CC1OCCC1C(NN)C1CCCCC1. The Hall–Kier alpha value is -0.120. The molecule has 1 aliphatic heterocycles. The van der Waals surface area contributed by atoms with Crippen molar-refractivity contribution in [2.45, 2.75) is 57.6 Å². The second kappa shape index (κ2) is 5.28. The Balaban J connectivity index is 1.95. The molecule has 0 aromatic rings. The molecule has 1 saturated carbocycles. The molecular weight excluding hydrogens is 188 g/mol. The fourth-order valence-corrected chi connectivity index (χ4v) is 3.32. The summed E-state index contributed by atoms with van der Waals surface area (Å²) < 4.78 is 5.64. The minimum absolute atomic E-state index is 0.382. The highest BCUT2D eigenvalue weighted by atomic mass is 16.5. The summed E-state index contributed by atoms with van der Waals surface area (Å²) >= 11 is 0. The zero-order valence-electron chi connectivity index (χ0n) is 9.74. The Labute approximate surface area is 92.7 Å². The monoisotopic (exact) mass is 212 g/mol. The number of nitrogens with one attached hydrogen (secondary N) is 1. The molecule has 0 aromatic carbocycles. The molecule has 2 rings (SSSR count). The largest absolute Gasteiger partial charge is 0.378 e. The third kappa shape index (κ3) is 2.52. The lowest BCUT2D eigenvalue weighted by molar-refractivity contribution is 0.0813. The van der Waals surface area contributed by atoms with Crippen molar-refractivity contribution < 1.29 is 4.74 Å². The molecule has 3 nitrogen and oxygen atoms in total. The van der Waals surface area contributed by atoms with E-state index in [9.17, 15) is 0 Å². The van der Waals surface area contributed by atoms with Gasteiger partial charge in [-0.25, -0.2) is 0 Å². The molecule has 15 heavy (non-hydrogen) atoms. The molecule has 0 radical (unpaired) electrons. The fraction of sp³-hybridized carbons (Fsp3) is 1.00. The van der Waals surface area contributed by atoms with Gasteiger partial charge in [-0.3, -0.25) is 11.3 Å². The van der Waals surface area contributed by atoms with Gasteiger partial charge in [0.1, 0.15) is 0 Å². The number of rotatable bonds is 3. The van der Waals surface area contributed by atoms with Crippen LogP contribution in [0.4, 0.5) is 0 Å². The lowest BCUT2D eigenvalue weighted by atomic mass is 9.77. The summed E-state index contributed by atoms with van der Waals surface area (Å²) in [5.74, 6) is 7.14. The minimum atomic E-state index is 0.382. The van der Waals surface area contributed by atoms with Gasteiger partial charge in [0.05, 0.1) is 6.10 Å². The van der Waals surface area contributed by atoms with Crippen molar-refractivity contribution in [3.63, 3.8) is 0 Å². The Morgan fingerprint density at radius 1 is 1.20 bits per heavy atom. The number of hydrazine groups is 1. The van der Waals surface area contributed by atoms with E-state index < -0.39 is 0 Å².